The first kappa shape index (κ1) is 17.7. The van der Waals surface area contributed by atoms with Gasteiger partial charge >= 0.3 is 0 Å². The average Bonchev–Trinajstić information content (AvgIpc) is 2.76. The summed E-state index contributed by atoms with van der Waals surface area (Å²) >= 11 is 0. The van der Waals surface area contributed by atoms with Gasteiger partial charge in [-0.05, 0) is 59.7 Å². The molecule has 0 aliphatic rings. The number of anilines is 4. The standard InChI is InChI=1S/C25H22N2O/c1-28-25-9-5-8-24(18-25)27-23-16-12-20(13-17-23)19-10-14-22(15-11-19)26-21-6-3-2-4-7-21/h2-18,26-27H,1H3. The van der Waals surface area contributed by atoms with Crippen LogP contribution in [0.25, 0.3) is 11.1 Å². The molecule has 0 atom stereocenters. The van der Waals surface area contributed by atoms with Crippen molar-refractivity contribution in [2.45, 2.75) is 0 Å². The van der Waals surface area contributed by atoms with Crippen LogP contribution in [0.15, 0.2) is 103 Å². The molecular weight excluding hydrogens is 344 g/mol. The number of methoxy groups -OCH3 is 1. The van der Waals surface area contributed by atoms with Crippen LogP contribution < -0.4 is 15.4 Å². The Morgan fingerprint density at radius 2 is 1.00 bits per heavy atom. The van der Waals surface area contributed by atoms with E-state index in [-0.39, 0.29) is 0 Å². The van der Waals surface area contributed by atoms with E-state index in [1.165, 1.54) is 11.1 Å². The summed E-state index contributed by atoms with van der Waals surface area (Å²) in [5.74, 6) is 0.839. The summed E-state index contributed by atoms with van der Waals surface area (Å²) in [7, 11) is 1.68. The Morgan fingerprint density at radius 1 is 0.500 bits per heavy atom. The molecule has 4 rings (SSSR count). The van der Waals surface area contributed by atoms with Gasteiger partial charge in [0.05, 0.1) is 7.11 Å². The SMILES string of the molecule is COc1cccc(Nc2ccc(-c3ccc(Nc4ccccc4)cc3)cc2)c1. The van der Waals surface area contributed by atoms with Crippen molar-refractivity contribution in [2.24, 2.45) is 0 Å². The van der Waals surface area contributed by atoms with Crippen LogP contribution in [0.5, 0.6) is 5.75 Å². The summed E-state index contributed by atoms with van der Waals surface area (Å²) in [4.78, 5) is 0. The number of hydrogen-bond donors (Lipinski definition) is 2. The van der Waals surface area contributed by atoms with E-state index in [0.29, 0.717) is 0 Å². The maximum Gasteiger partial charge on any atom is 0.120 e. The summed E-state index contributed by atoms with van der Waals surface area (Å²) < 4.78 is 5.27. The van der Waals surface area contributed by atoms with Crippen molar-refractivity contribution in [3.05, 3.63) is 103 Å². The zero-order valence-corrected chi connectivity index (χ0v) is 15.7. The van der Waals surface area contributed by atoms with Crippen molar-refractivity contribution in [3.63, 3.8) is 0 Å². The van der Waals surface area contributed by atoms with Gasteiger partial charge in [-0.2, -0.15) is 0 Å². The topological polar surface area (TPSA) is 33.3 Å². The van der Waals surface area contributed by atoms with Crippen LogP contribution in [-0.4, -0.2) is 7.11 Å². The highest BCUT2D eigenvalue weighted by molar-refractivity contribution is 5.71. The molecule has 4 aromatic rings. The van der Waals surface area contributed by atoms with E-state index < -0.39 is 0 Å². The van der Waals surface area contributed by atoms with Crippen molar-refractivity contribution < 1.29 is 4.74 Å². The van der Waals surface area contributed by atoms with Gasteiger partial charge in [0.15, 0.2) is 0 Å². The Morgan fingerprint density at radius 3 is 1.57 bits per heavy atom. The molecule has 0 fully saturated rings. The molecular formula is C25H22N2O. The maximum atomic E-state index is 5.27. The molecule has 0 unspecified atom stereocenters. The first-order chi connectivity index (χ1) is 13.8. The van der Waals surface area contributed by atoms with Crippen molar-refractivity contribution in [1.82, 2.24) is 0 Å². The lowest BCUT2D eigenvalue weighted by atomic mass is 10.0. The Balaban J connectivity index is 1.44. The number of nitrogens with one attached hydrogen (secondary N) is 2. The molecule has 3 nitrogen and oxygen atoms in total. The van der Waals surface area contributed by atoms with Crippen LogP contribution in [0.2, 0.25) is 0 Å². The molecule has 0 aliphatic carbocycles. The molecule has 0 amide bonds. The van der Waals surface area contributed by atoms with Crippen LogP contribution in [0, 0.1) is 0 Å². The van der Waals surface area contributed by atoms with Crippen molar-refractivity contribution in [3.8, 4) is 16.9 Å². The van der Waals surface area contributed by atoms with Crippen LogP contribution >= 0.6 is 0 Å². The van der Waals surface area contributed by atoms with Crippen molar-refractivity contribution in [2.75, 3.05) is 17.7 Å². The normalized spacial score (nSPS) is 10.3. The predicted octanol–water partition coefficient (Wildman–Crippen LogP) is 6.85. The average molecular weight is 366 g/mol. The molecule has 0 aromatic heterocycles. The molecule has 0 heterocycles. The fourth-order valence-corrected chi connectivity index (χ4v) is 3.05. The number of hydrogen-bond acceptors (Lipinski definition) is 3. The monoisotopic (exact) mass is 366 g/mol. The van der Waals surface area contributed by atoms with Crippen LogP contribution in [0.4, 0.5) is 22.7 Å². The Hall–Kier alpha value is -3.72. The van der Waals surface area contributed by atoms with E-state index in [9.17, 15) is 0 Å². The summed E-state index contributed by atoms with van der Waals surface area (Å²) in [5.41, 5.74) is 6.58. The molecule has 0 bridgehead atoms. The summed E-state index contributed by atoms with van der Waals surface area (Å²) in [6, 6.07) is 35.0. The zero-order valence-electron chi connectivity index (χ0n) is 15.7. The highest BCUT2D eigenvalue weighted by Crippen LogP contribution is 2.26. The number of benzene rings is 4. The van der Waals surface area contributed by atoms with E-state index >= 15 is 0 Å². The lowest BCUT2D eigenvalue weighted by molar-refractivity contribution is 0.415. The van der Waals surface area contributed by atoms with Gasteiger partial charge in [0.25, 0.3) is 0 Å². The van der Waals surface area contributed by atoms with Crippen molar-refractivity contribution in [1.29, 1.82) is 0 Å². The van der Waals surface area contributed by atoms with E-state index in [1.54, 1.807) is 7.11 Å². The minimum absolute atomic E-state index is 0.839. The van der Waals surface area contributed by atoms with Crippen LogP contribution in [-0.2, 0) is 0 Å². The van der Waals surface area contributed by atoms with Gasteiger partial charge < -0.3 is 15.4 Å². The van der Waals surface area contributed by atoms with Gasteiger partial charge in [0, 0.05) is 28.8 Å². The molecule has 0 radical (unpaired) electrons. The Bertz CT molecular complexity index is 1030. The molecule has 3 heteroatoms. The largest absolute Gasteiger partial charge is 0.497 e. The smallest absolute Gasteiger partial charge is 0.120 e. The fourth-order valence-electron chi connectivity index (χ4n) is 3.05. The van der Waals surface area contributed by atoms with Gasteiger partial charge in [-0.1, -0.05) is 48.5 Å². The summed E-state index contributed by atoms with van der Waals surface area (Å²) in [6.07, 6.45) is 0. The number of para-hydroxylation sites is 1. The third-order valence-electron chi connectivity index (χ3n) is 4.52. The fraction of sp³-hybridized carbons (Fsp3) is 0.0400. The minimum Gasteiger partial charge on any atom is -0.497 e. The molecule has 0 spiro atoms. The maximum absolute atomic E-state index is 5.27. The molecule has 28 heavy (non-hydrogen) atoms. The highest BCUT2D eigenvalue weighted by Gasteiger charge is 2.01. The predicted molar refractivity (Wildman–Crippen MR) is 118 cm³/mol. The first-order valence-corrected chi connectivity index (χ1v) is 9.24. The second-order valence-corrected chi connectivity index (χ2v) is 6.50. The molecule has 0 aliphatic heterocycles. The molecule has 2 N–H and O–H groups in total. The van der Waals surface area contributed by atoms with Gasteiger partial charge in [0.1, 0.15) is 5.75 Å². The molecule has 4 aromatic carbocycles. The van der Waals surface area contributed by atoms with E-state index in [4.69, 9.17) is 4.74 Å². The van der Waals surface area contributed by atoms with E-state index in [1.807, 2.05) is 42.5 Å². The first-order valence-electron chi connectivity index (χ1n) is 9.24. The highest BCUT2D eigenvalue weighted by atomic mass is 16.5. The molecule has 0 saturated carbocycles. The van der Waals surface area contributed by atoms with Gasteiger partial charge in [-0.3, -0.25) is 0 Å². The Labute approximate surface area is 165 Å². The van der Waals surface area contributed by atoms with Crippen LogP contribution in [0.1, 0.15) is 0 Å². The second kappa shape index (κ2) is 8.31. The minimum atomic E-state index is 0.839. The van der Waals surface area contributed by atoms with Gasteiger partial charge in [-0.25, -0.2) is 0 Å². The third-order valence-corrected chi connectivity index (χ3v) is 4.52. The van der Waals surface area contributed by atoms with Gasteiger partial charge in [-0.15, -0.1) is 0 Å². The quantitative estimate of drug-likeness (QED) is 0.391. The van der Waals surface area contributed by atoms with E-state index in [2.05, 4.69) is 71.3 Å². The molecule has 0 saturated heterocycles. The number of rotatable bonds is 6. The summed E-state index contributed by atoms with van der Waals surface area (Å²) in [6.45, 7) is 0. The van der Waals surface area contributed by atoms with E-state index in [0.717, 1.165) is 28.5 Å². The lowest BCUT2D eigenvalue weighted by Gasteiger charge is -2.10. The van der Waals surface area contributed by atoms with Gasteiger partial charge in [0.2, 0.25) is 0 Å². The van der Waals surface area contributed by atoms with Crippen molar-refractivity contribution >= 4 is 22.7 Å². The lowest BCUT2D eigenvalue weighted by Crippen LogP contribution is -1.91. The third kappa shape index (κ3) is 4.33. The van der Waals surface area contributed by atoms with Crippen LogP contribution in [0.3, 0.4) is 0 Å². The zero-order chi connectivity index (χ0) is 19.2. The number of ether oxygens (including phenoxy) is 1. The second-order valence-electron chi connectivity index (χ2n) is 6.50. The molecule has 138 valence electrons. The summed E-state index contributed by atoms with van der Waals surface area (Å²) in [5, 5.41) is 6.81. The Kier molecular flexibility index (Phi) is 5.25.